The molecule has 0 spiro atoms. The summed E-state index contributed by atoms with van der Waals surface area (Å²) in [6.45, 7) is 0. The van der Waals surface area contributed by atoms with Gasteiger partial charge in [-0.05, 0) is 31.0 Å². The maximum Gasteiger partial charge on any atom is 0.294 e. The Hall–Kier alpha value is -2.76. The van der Waals surface area contributed by atoms with Crippen molar-refractivity contribution in [2.24, 2.45) is 7.05 Å². The molecule has 3 N–H and O–H groups in total. The summed E-state index contributed by atoms with van der Waals surface area (Å²) >= 11 is 0. The first-order chi connectivity index (χ1) is 14.2. The van der Waals surface area contributed by atoms with Crippen LogP contribution in [0, 0.1) is 11.6 Å². The number of hydrogen-bond acceptors (Lipinski definition) is 7. The minimum Gasteiger partial charge on any atom is -0.448 e. The summed E-state index contributed by atoms with van der Waals surface area (Å²) in [4.78, 5) is 21.3. The van der Waals surface area contributed by atoms with Crippen molar-refractivity contribution in [3.63, 3.8) is 0 Å². The zero-order valence-electron chi connectivity index (χ0n) is 16.0. The van der Waals surface area contributed by atoms with Crippen LogP contribution < -0.4 is 15.6 Å². The number of halogens is 2. The minimum atomic E-state index is -2.48. The molecule has 0 atom stereocenters. The standard InChI is InChI=1S/C19H20F2N4O4S/c1-25-17-11(8-16(18(25)26)29-15-3-2-12(20)9-14(15)21)10-22-19(24-17)23-13-4-6-30(27,28)7-5-13/h2-3,8-10,13,27-28H,4-7H2,1H3,(H,22,23,24). The Morgan fingerprint density at radius 3 is 2.63 bits per heavy atom. The van der Waals surface area contributed by atoms with E-state index in [0.29, 0.717) is 47.4 Å². The minimum absolute atomic E-state index is 0.00320. The highest BCUT2D eigenvalue weighted by Crippen LogP contribution is 2.44. The van der Waals surface area contributed by atoms with Crippen molar-refractivity contribution in [1.82, 2.24) is 14.5 Å². The van der Waals surface area contributed by atoms with Crippen molar-refractivity contribution in [2.75, 3.05) is 16.8 Å². The fraction of sp³-hybridized carbons (Fsp3) is 0.316. The number of hydrogen-bond donors (Lipinski definition) is 3. The van der Waals surface area contributed by atoms with Gasteiger partial charge in [0.25, 0.3) is 5.56 Å². The number of anilines is 1. The van der Waals surface area contributed by atoms with E-state index < -0.39 is 27.8 Å². The zero-order valence-corrected chi connectivity index (χ0v) is 16.8. The third kappa shape index (κ3) is 4.23. The zero-order chi connectivity index (χ0) is 21.5. The normalized spacial score (nSPS) is 17.6. The van der Waals surface area contributed by atoms with E-state index in [1.54, 1.807) is 0 Å². The van der Waals surface area contributed by atoms with Crippen LogP contribution in [0.2, 0.25) is 0 Å². The lowest BCUT2D eigenvalue weighted by molar-refractivity contribution is 0.430. The smallest absolute Gasteiger partial charge is 0.294 e. The van der Waals surface area contributed by atoms with Crippen LogP contribution in [0.25, 0.3) is 11.0 Å². The molecule has 0 saturated carbocycles. The van der Waals surface area contributed by atoms with Crippen molar-refractivity contribution in [3.8, 4) is 11.5 Å². The lowest BCUT2D eigenvalue weighted by Crippen LogP contribution is -2.31. The van der Waals surface area contributed by atoms with Gasteiger partial charge >= 0.3 is 0 Å². The SMILES string of the molecule is Cn1c(=O)c(Oc2ccc(F)cc2F)cc2cnc(NC3CCS(O)(O)CC3)nc21. The maximum atomic E-state index is 13.9. The van der Waals surface area contributed by atoms with Gasteiger partial charge in [0.05, 0.1) is 0 Å². The molecule has 0 bridgehead atoms. The van der Waals surface area contributed by atoms with Crippen LogP contribution >= 0.6 is 10.6 Å². The van der Waals surface area contributed by atoms with Crippen molar-refractivity contribution < 1.29 is 22.6 Å². The summed E-state index contributed by atoms with van der Waals surface area (Å²) in [5.41, 5.74) is -0.188. The van der Waals surface area contributed by atoms with Gasteiger partial charge in [-0.15, -0.1) is 0 Å². The quantitative estimate of drug-likeness (QED) is 0.569. The Kier molecular flexibility index (Phi) is 5.35. The molecule has 2 aromatic heterocycles. The van der Waals surface area contributed by atoms with Gasteiger partial charge in [-0.1, -0.05) is 0 Å². The second kappa shape index (κ2) is 7.82. The van der Waals surface area contributed by atoms with E-state index in [9.17, 15) is 22.7 Å². The maximum absolute atomic E-state index is 13.9. The topological polar surface area (TPSA) is 110 Å². The Morgan fingerprint density at radius 1 is 1.20 bits per heavy atom. The predicted molar refractivity (Wildman–Crippen MR) is 110 cm³/mol. The monoisotopic (exact) mass is 438 g/mol. The van der Waals surface area contributed by atoms with Crippen molar-refractivity contribution in [3.05, 3.63) is 52.5 Å². The second-order valence-electron chi connectivity index (χ2n) is 7.15. The van der Waals surface area contributed by atoms with Crippen LogP contribution in [0.1, 0.15) is 12.8 Å². The second-order valence-corrected chi connectivity index (χ2v) is 9.57. The van der Waals surface area contributed by atoms with E-state index in [1.165, 1.54) is 23.9 Å². The highest BCUT2D eigenvalue weighted by Gasteiger charge is 2.24. The van der Waals surface area contributed by atoms with Crippen molar-refractivity contribution in [1.29, 1.82) is 0 Å². The molecule has 0 amide bonds. The highest BCUT2D eigenvalue weighted by atomic mass is 32.3. The molecule has 11 heteroatoms. The Bertz CT molecular complexity index is 1160. The van der Waals surface area contributed by atoms with E-state index in [4.69, 9.17) is 4.74 Å². The van der Waals surface area contributed by atoms with Gasteiger partial charge < -0.3 is 10.1 Å². The molecule has 4 rings (SSSR count). The molecule has 1 aromatic carbocycles. The molecule has 3 aromatic rings. The van der Waals surface area contributed by atoms with Crippen molar-refractivity contribution in [2.45, 2.75) is 18.9 Å². The number of ether oxygens (including phenoxy) is 1. The number of rotatable bonds is 4. The first-order valence-electron chi connectivity index (χ1n) is 9.22. The van der Waals surface area contributed by atoms with Gasteiger partial charge in [0.1, 0.15) is 11.5 Å². The van der Waals surface area contributed by atoms with E-state index in [0.717, 1.165) is 12.1 Å². The van der Waals surface area contributed by atoms with E-state index >= 15 is 0 Å². The van der Waals surface area contributed by atoms with Gasteiger partial charge in [-0.3, -0.25) is 18.5 Å². The Balaban J connectivity index is 1.60. The molecule has 30 heavy (non-hydrogen) atoms. The molecule has 1 saturated heterocycles. The average Bonchev–Trinajstić information content (AvgIpc) is 2.70. The van der Waals surface area contributed by atoms with Crippen LogP contribution in [-0.4, -0.2) is 41.2 Å². The summed E-state index contributed by atoms with van der Waals surface area (Å²) in [5, 5.41) is 3.66. The fourth-order valence-electron chi connectivity index (χ4n) is 3.27. The third-order valence-corrected chi connectivity index (χ3v) is 6.73. The molecule has 160 valence electrons. The number of pyridine rings is 1. The number of aromatic nitrogens is 3. The van der Waals surface area contributed by atoms with Gasteiger partial charge in [0.2, 0.25) is 5.95 Å². The third-order valence-electron chi connectivity index (χ3n) is 4.95. The lowest BCUT2D eigenvalue weighted by atomic mass is 10.2. The van der Waals surface area contributed by atoms with Crippen LogP contribution in [0.4, 0.5) is 14.7 Å². The summed E-state index contributed by atoms with van der Waals surface area (Å²) in [7, 11) is -0.974. The first kappa shape index (κ1) is 20.5. The average molecular weight is 438 g/mol. The molecule has 0 radical (unpaired) electrons. The molecule has 1 aliphatic rings. The molecular formula is C19H20F2N4O4S. The Labute approximate surface area is 171 Å². The number of fused-ring (bicyclic) bond motifs is 1. The summed E-state index contributed by atoms with van der Waals surface area (Å²) in [5.74, 6) is -1.10. The summed E-state index contributed by atoms with van der Waals surface area (Å²) < 4.78 is 53.0. The highest BCUT2D eigenvalue weighted by molar-refractivity contribution is 8.24. The van der Waals surface area contributed by atoms with Crippen LogP contribution in [0.15, 0.2) is 35.3 Å². The summed E-state index contributed by atoms with van der Waals surface area (Å²) in [6.07, 6.45) is 2.67. The lowest BCUT2D eigenvalue weighted by Gasteiger charge is -2.39. The molecule has 0 unspecified atom stereocenters. The van der Waals surface area contributed by atoms with Gasteiger partial charge in [0, 0.05) is 42.2 Å². The number of nitrogens with one attached hydrogen (secondary N) is 1. The molecule has 0 aliphatic carbocycles. The van der Waals surface area contributed by atoms with Gasteiger partial charge in [-0.25, -0.2) is 13.8 Å². The number of aryl methyl sites for hydroxylation is 1. The number of benzene rings is 1. The van der Waals surface area contributed by atoms with Gasteiger partial charge in [-0.2, -0.15) is 15.6 Å². The van der Waals surface area contributed by atoms with Crippen molar-refractivity contribution >= 4 is 27.6 Å². The molecule has 1 fully saturated rings. The van der Waals surface area contributed by atoms with E-state index in [2.05, 4.69) is 15.3 Å². The fourth-order valence-corrected chi connectivity index (χ4v) is 4.80. The molecular weight excluding hydrogens is 418 g/mol. The van der Waals surface area contributed by atoms with Gasteiger partial charge in [0.15, 0.2) is 17.3 Å². The first-order valence-corrected chi connectivity index (χ1v) is 11.1. The molecule has 3 heterocycles. The number of nitrogens with zero attached hydrogens (tertiary/aromatic N) is 3. The van der Waals surface area contributed by atoms with Crippen LogP contribution in [0.3, 0.4) is 0 Å². The van der Waals surface area contributed by atoms with Crippen LogP contribution in [-0.2, 0) is 7.05 Å². The Morgan fingerprint density at radius 2 is 1.93 bits per heavy atom. The van der Waals surface area contributed by atoms with Crippen LogP contribution in [0.5, 0.6) is 11.5 Å². The molecule has 8 nitrogen and oxygen atoms in total. The summed E-state index contributed by atoms with van der Waals surface area (Å²) in [6, 6.07) is 4.22. The predicted octanol–water partition coefficient (Wildman–Crippen LogP) is 3.72. The van der Waals surface area contributed by atoms with E-state index in [1.807, 2.05) is 0 Å². The largest absolute Gasteiger partial charge is 0.448 e. The van der Waals surface area contributed by atoms with E-state index in [-0.39, 0.29) is 17.5 Å². The molecule has 1 aliphatic heterocycles.